The summed E-state index contributed by atoms with van der Waals surface area (Å²) in [4.78, 5) is 24.9. The van der Waals surface area contributed by atoms with Gasteiger partial charge >= 0.3 is 5.97 Å². The molecule has 7 heteroatoms. The van der Waals surface area contributed by atoms with E-state index in [2.05, 4.69) is 0 Å². The summed E-state index contributed by atoms with van der Waals surface area (Å²) in [7, 11) is 0. The van der Waals surface area contributed by atoms with Crippen molar-refractivity contribution in [3.05, 3.63) is 98.7 Å². The molecule has 0 saturated carbocycles. The van der Waals surface area contributed by atoms with Crippen LogP contribution in [0.5, 0.6) is 11.5 Å². The molecule has 5 nitrogen and oxygen atoms in total. The van der Waals surface area contributed by atoms with E-state index in [0.29, 0.717) is 38.2 Å². The predicted octanol–water partition coefficient (Wildman–Crippen LogP) is 6.04. The number of carbonyl (C=O) groups is 2. The first-order chi connectivity index (χ1) is 15.4. The second-order valence-corrected chi connectivity index (χ2v) is 7.94. The van der Waals surface area contributed by atoms with Gasteiger partial charge < -0.3 is 14.2 Å². The first kappa shape index (κ1) is 21.9. The van der Waals surface area contributed by atoms with Gasteiger partial charge in [-0.25, -0.2) is 4.79 Å². The highest BCUT2D eigenvalue weighted by Crippen LogP contribution is 2.38. The Morgan fingerprint density at radius 2 is 1.75 bits per heavy atom. The van der Waals surface area contributed by atoms with Crippen molar-refractivity contribution in [2.75, 3.05) is 6.61 Å². The van der Waals surface area contributed by atoms with Gasteiger partial charge in [0.05, 0.1) is 5.56 Å². The second-order valence-electron chi connectivity index (χ2n) is 7.12. The zero-order valence-electron chi connectivity index (χ0n) is 17.1. The Morgan fingerprint density at radius 3 is 2.47 bits per heavy atom. The molecule has 0 radical (unpaired) electrons. The largest absolute Gasteiger partial charge is 0.482 e. The summed E-state index contributed by atoms with van der Waals surface area (Å²) in [5.41, 5.74) is 2.48. The standard InChI is InChI=1S/C25H18Cl2O5/c1-15-10-17(30-14-23(28)31-13-16-6-3-2-4-7-16)11-21-24(15)25(29)22(32-21)12-18-19(26)8-5-9-20(18)27/h2-12H,13-14H2,1H3/b22-12-. The van der Waals surface area contributed by atoms with E-state index in [4.69, 9.17) is 37.4 Å². The van der Waals surface area contributed by atoms with Gasteiger partial charge in [0.25, 0.3) is 0 Å². The molecule has 0 atom stereocenters. The maximum Gasteiger partial charge on any atom is 0.344 e. The quantitative estimate of drug-likeness (QED) is 0.325. The van der Waals surface area contributed by atoms with Crippen LogP contribution in [0.4, 0.5) is 0 Å². The summed E-state index contributed by atoms with van der Waals surface area (Å²) in [6, 6.07) is 17.7. The molecule has 0 aliphatic carbocycles. The van der Waals surface area contributed by atoms with Crippen molar-refractivity contribution in [1.29, 1.82) is 0 Å². The lowest BCUT2D eigenvalue weighted by atomic mass is 10.0. The third-order valence-corrected chi connectivity index (χ3v) is 5.48. The number of benzene rings is 3. The van der Waals surface area contributed by atoms with Crippen LogP contribution in [-0.4, -0.2) is 18.4 Å². The van der Waals surface area contributed by atoms with E-state index in [1.807, 2.05) is 30.3 Å². The van der Waals surface area contributed by atoms with Crippen molar-refractivity contribution in [1.82, 2.24) is 0 Å². The van der Waals surface area contributed by atoms with Gasteiger partial charge in [0, 0.05) is 21.7 Å². The highest BCUT2D eigenvalue weighted by atomic mass is 35.5. The van der Waals surface area contributed by atoms with Crippen LogP contribution in [0.25, 0.3) is 6.08 Å². The van der Waals surface area contributed by atoms with Crippen LogP contribution in [0, 0.1) is 6.92 Å². The fourth-order valence-corrected chi connectivity index (χ4v) is 3.77. The smallest absolute Gasteiger partial charge is 0.344 e. The van der Waals surface area contributed by atoms with Gasteiger partial charge in [-0.1, -0.05) is 59.6 Å². The summed E-state index contributed by atoms with van der Waals surface area (Å²) in [6.07, 6.45) is 1.52. The van der Waals surface area contributed by atoms with E-state index in [1.165, 1.54) is 6.08 Å². The molecular weight excluding hydrogens is 451 g/mol. The highest BCUT2D eigenvalue weighted by molar-refractivity contribution is 6.37. The predicted molar refractivity (Wildman–Crippen MR) is 122 cm³/mol. The Morgan fingerprint density at radius 1 is 1.03 bits per heavy atom. The van der Waals surface area contributed by atoms with Gasteiger partial charge in [0.1, 0.15) is 18.1 Å². The van der Waals surface area contributed by atoms with Gasteiger partial charge in [0.15, 0.2) is 12.4 Å². The van der Waals surface area contributed by atoms with Crippen LogP contribution in [0.3, 0.4) is 0 Å². The SMILES string of the molecule is Cc1cc(OCC(=O)OCc2ccccc2)cc2c1C(=O)/C(=C/c1c(Cl)cccc1Cl)O2. The maximum atomic E-state index is 12.8. The van der Waals surface area contributed by atoms with Crippen molar-refractivity contribution in [3.63, 3.8) is 0 Å². The number of ether oxygens (including phenoxy) is 3. The third kappa shape index (κ3) is 4.79. The minimum atomic E-state index is -0.502. The van der Waals surface area contributed by atoms with Crippen molar-refractivity contribution in [2.24, 2.45) is 0 Å². The van der Waals surface area contributed by atoms with Gasteiger partial charge in [-0.3, -0.25) is 4.79 Å². The molecule has 0 spiro atoms. The van der Waals surface area contributed by atoms with E-state index < -0.39 is 5.97 Å². The van der Waals surface area contributed by atoms with Crippen molar-refractivity contribution < 1.29 is 23.8 Å². The summed E-state index contributed by atoms with van der Waals surface area (Å²) >= 11 is 12.4. The van der Waals surface area contributed by atoms with E-state index >= 15 is 0 Å². The number of hydrogen-bond acceptors (Lipinski definition) is 5. The number of rotatable bonds is 6. The molecule has 0 N–H and O–H groups in total. The fraction of sp³-hybridized carbons (Fsp3) is 0.120. The molecule has 3 aromatic carbocycles. The lowest BCUT2D eigenvalue weighted by Gasteiger charge is -2.09. The number of ketones is 1. The lowest BCUT2D eigenvalue weighted by molar-refractivity contribution is -0.147. The normalized spacial score (nSPS) is 13.6. The van der Waals surface area contributed by atoms with Gasteiger partial charge in [-0.15, -0.1) is 0 Å². The molecule has 0 saturated heterocycles. The number of aryl methyl sites for hydroxylation is 1. The van der Waals surface area contributed by atoms with E-state index in [1.54, 1.807) is 37.3 Å². The molecule has 162 valence electrons. The average Bonchev–Trinajstić information content (AvgIpc) is 3.09. The van der Waals surface area contributed by atoms with Crippen LogP contribution in [0.1, 0.15) is 27.0 Å². The number of halogens is 2. The Labute approximate surface area is 195 Å². The molecule has 1 aliphatic rings. The molecule has 32 heavy (non-hydrogen) atoms. The minimum absolute atomic E-state index is 0.109. The van der Waals surface area contributed by atoms with Crippen molar-refractivity contribution in [3.8, 4) is 11.5 Å². The molecule has 0 fully saturated rings. The molecule has 0 bridgehead atoms. The molecule has 0 unspecified atom stereocenters. The lowest BCUT2D eigenvalue weighted by Crippen LogP contribution is -2.14. The zero-order valence-corrected chi connectivity index (χ0v) is 18.6. The number of esters is 1. The van der Waals surface area contributed by atoms with Crippen molar-refractivity contribution >= 4 is 41.0 Å². The third-order valence-electron chi connectivity index (χ3n) is 4.82. The van der Waals surface area contributed by atoms with E-state index in [-0.39, 0.29) is 24.8 Å². The average molecular weight is 469 g/mol. The fourth-order valence-electron chi connectivity index (χ4n) is 3.26. The van der Waals surface area contributed by atoms with Crippen LogP contribution < -0.4 is 9.47 Å². The Bertz CT molecular complexity index is 1200. The molecule has 0 amide bonds. The Balaban J connectivity index is 1.45. The molecule has 3 aromatic rings. The number of Topliss-reactive ketones (excluding diaryl/α,β-unsaturated/α-hetero) is 1. The van der Waals surface area contributed by atoms with E-state index in [9.17, 15) is 9.59 Å². The van der Waals surface area contributed by atoms with Crippen LogP contribution >= 0.6 is 23.2 Å². The summed E-state index contributed by atoms with van der Waals surface area (Å²) in [5.74, 6) is 0.0672. The zero-order chi connectivity index (χ0) is 22.7. The highest BCUT2D eigenvalue weighted by Gasteiger charge is 2.30. The second kappa shape index (κ2) is 9.47. The molecule has 1 heterocycles. The molecule has 0 aromatic heterocycles. The summed E-state index contributed by atoms with van der Waals surface area (Å²) in [5, 5.41) is 0.819. The number of carbonyl (C=O) groups excluding carboxylic acids is 2. The van der Waals surface area contributed by atoms with Crippen molar-refractivity contribution in [2.45, 2.75) is 13.5 Å². The molecule has 1 aliphatic heterocycles. The van der Waals surface area contributed by atoms with Crippen LogP contribution in [-0.2, 0) is 16.1 Å². The van der Waals surface area contributed by atoms with Gasteiger partial charge in [-0.05, 0) is 42.3 Å². The Kier molecular flexibility index (Phi) is 6.49. The van der Waals surface area contributed by atoms with Gasteiger partial charge in [0.2, 0.25) is 5.78 Å². The summed E-state index contributed by atoms with van der Waals surface area (Å²) in [6.45, 7) is 1.67. The first-order valence-electron chi connectivity index (χ1n) is 9.77. The van der Waals surface area contributed by atoms with Crippen LogP contribution in [0.2, 0.25) is 10.0 Å². The molecular formula is C25H18Cl2O5. The number of allylic oxidation sites excluding steroid dienone is 1. The van der Waals surface area contributed by atoms with E-state index in [0.717, 1.165) is 5.56 Å². The van der Waals surface area contributed by atoms with Crippen LogP contribution in [0.15, 0.2) is 66.4 Å². The minimum Gasteiger partial charge on any atom is -0.482 e. The maximum absolute atomic E-state index is 12.8. The number of hydrogen-bond donors (Lipinski definition) is 0. The van der Waals surface area contributed by atoms with Gasteiger partial charge in [-0.2, -0.15) is 0 Å². The number of fused-ring (bicyclic) bond motifs is 1. The monoisotopic (exact) mass is 468 g/mol. The topological polar surface area (TPSA) is 61.8 Å². The first-order valence-corrected chi connectivity index (χ1v) is 10.5. The summed E-state index contributed by atoms with van der Waals surface area (Å²) < 4.78 is 16.5. The Hall–Kier alpha value is -3.28. The molecule has 4 rings (SSSR count).